The Bertz CT molecular complexity index is 827. The van der Waals surface area contributed by atoms with Gasteiger partial charge in [-0.15, -0.1) is 0 Å². The highest BCUT2D eigenvalue weighted by Gasteiger charge is 2.21. The molecule has 0 aromatic heterocycles. The molecule has 0 unspecified atom stereocenters. The fourth-order valence-electron chi connectivity index (χ4n) is 2.11. The molecule has 0 aliphatic heterocycles. The summed E-state index contributed by atoms with van der Waals surface area (Å²) in [6.45, 7) is 3.02. The molecule has 118 valence electrons. The van der Waals surface area contributed by atoms with E-state index in [4.69, 9.17) is 10.9 Å². The Labute approximate surface area is 128 Å². The molecule has 0 heterocycles. The van der Waals surface area contributed by atoms with Crippen LogP contribution >= 0.6 is 0 Å². The van der Waals surface area contributed by atoms with Crippen LogP contribution in [0.1, 0.15) is 19.4 Å². The van der Waals surface area contributed by atoms with Crippen molar-refractivity contribution in [3.8, 4) is 11.1 Å². The molecule has 0 fully saturated rings. The molecule has 0 amide bonds. The van der Waals surface area contributed by atoms with Crippen LogP contribution in [0.5, 0.6) is 0 Å². The number of primary sulfonamides is 1. The summed E-state index contributed by atoms with van der Waals surface area (Å²) in [6.07, 6.45) is 0. The maximum absolute atomic E-state index is 13.8. The van der Waals surface area contributed by atoms with Crippen molar-refractivity contribution in [2.45, 2.75) is 24.3 Å². The van der Waals surface area contributed by atoms with Crippen molar-refractivity contribution >= 4 is 15.7 Å². The molecule has 0 saturated heterocycles. The SMILES string of the molecule is CC(C)(O)c1cc(F)cc(-c2ccc(N)cc2S(N)(=O)=O)c1. The first-order valence-electron chi connectivity index (χ1n) is 6.44. The highest BCUT2D eigenvalue weighted by Crippen LogP contribution is 2.32. The second kappa shape index (κ2) is 5.35. The van der Waals surface area contributed by atoms with Crippen LogP contribution in [0.2, 0.25) is 0 Å². The fraction of sp³-hybridized carbons (Fsp3) is 0.200. The Hall–Kier alpha value is -1.96. The molecular weight excluding hydrogens is 307 g/mol. The number of anilines is 1. The zero-order valence-electron chi connectivity index (χ0n) is 12.2. The molecule has 0 atom stereocenters. The molecule has 22 heavy (non-hydrogen) atoms. The summed E-state index contributed by atoms with van der Waals surface area (Å²) in [5.41, 5.74) is 5.39. The maximum Gasteiger partial charge on any atom is 0.238 e. The molecule has 0 saturated carbocycles. The first kappa shape index (κ1) is 16.4. The Morgan fingerprint density at radius 1 is 1.14 bits per heavy atom. The molecule has 0 spiro atoms. The third kappa shape index (κ3) is 3.44. The summed E-state index contributed by atoms with van der Waals surface area (Å²) >= 11 is 0. The third-order valence-corrected chi connectivity index (χ3v) is 4.18. The molecule has 0 aliphatic rings. The quantitative estimate of drug-likeness (QED) is 0.750. The van der Waals surface area contributed by atoms with Gasteiger partial charge in [-0.1, -0.05) is 6.07 Å². The van der Waals surface area contributed by atoms with Crippen LogP contribution in [0.25, 0.3) is 11.1 Å². The van der Waals surface area contributed by atoms with E-state index in [1.807, 2.05) is 0 Å². The standard InChI is InChI=1S/C15H17FN2O3S/c1-15(2,19)10-5-9(6-11(16)7-10)13-4-3-12(17)8-14(13)22(18,20)21/h3-8,19H,17H2,1-2H3,(H2,18,20,21). The summed E-state index contributed by atoms with van der Waals surface area (Å²) < 4.78 is 37.3. The number of hydrogen-bond acceptors (Lipinski definition) is 4. The molecule has 7 heteroatoms. The maximum atomic E-state index is 13.8. The van der Waals surface area contributed by atoms with Crippen LogP contribution in [0, 0.1) is 5.82 Å². The van der Waals surface area contributed by atoms with E-state index in [1.54, 1.807) is 0 Å². The van der Waals surface area contributed by atoms with Gasteiger partial charge in [0.1, 0.15) is 5.82 Å². The van der Waals surface area contributed by atoms with Gasteiger partial charge in [0.15, 0.2) is 0 Å². The van der Waals surface area contributed by atoms with Gasteiger partial charge in [0.25, 0.3) is 0 Å². The summed E-state index contributed by atoms with van der Waals surface area (Å²) in [5, 5.41) is 15.2. The predicted octanol–water partition coefficient (Wildman–Crippen LogP) is 1.95. The van der Waals surface area contributed by atoms with Crippen LogP contribution in [0.3, 0.4) is 0 Å². The van der Waals surface area contributed by atoms with Crippen LogP contribution in [-0.2, 0) is 15.6 Å². The number of nitrogens with two attached hydrogens (primary N) is 2. The van der Waals surface area contributed by atoms with E-state index in [2.05, 4.69) is 0 Å². The highest BCUT2D eigenvalue weighted by atomic mass is 32.2. The van der Waals surface area contributed by atoms with Gasteiger partial charge in [0, 0.05) is 11.3 Å². The minimum Gasteiger partial charge on any atom is -0.399 e. The fourth-order valence-corrected chi connectivity index (χ4v) is 2.90. The first-order chi connectivity index (χ1) is 9.98. The average Bonchev–Trinajstić information content (AvgIpc) is 2.35. The van der Waals surface area contributed by atoms with Gasteiger partial charge in [0.05, 0.1) is 10.5 Å². The number of sulfonamides is 1. The lowest BCUT2D eigenvalue weighted by Gasteiger charge is -2.19. The minimum absolute atomic E-state index is 0.195. The van der Waals surface area contributed by atoms with E-state index in [9.17, 15) is 17.9 Å². The van der Waals surface area contributed by atoms with Gasteiger partial charge in [-0.05, 0) is 55.3 Å². The van der Waals surface area contributed by atoms with E-state index in [1.165, 1.54) is 50.2 Å². The van der Waals surface area contributed by atoms with Gasteiger partial charge in [-0.25, -0.2) is 17.9 Å². The lowest BCUT2D eigenvalue weighted by molar-refractivity contribution is 0.0783. The van der Waals surface area contributed by atoms with Crippen molar-refractivity contribution in [3.63, 3.8) is 0 Å². The number of hydrogen-bond donors (Lipinski definition) is 3. The van der Waals surface area contributed by atoms with Crippen molar-refractivity contribution in [1.29, 1.82) is 0 Å². The largest absolute Gasteiger partial charge is 0.399 e. The second-order valence-electron chi connectivity index (χ2n) is 5.59. The first-order valence-corrected chi connectivity index (χ1v) is 7.99. The molecule has 0 aliphatic carbocycles. The van der Waals surface area contributed by atoms with Gasteiger partial charge < -0.3 is 10.8 Å². The lowest BCUT2D eigenvalue weighted by atomic mass is 9.94. The number of aliphatic hydroxyl groups is 1. The van der Waals surface area contributed by atoms with Crippen LogP contribution in [0.15, 0.2) is 41.3 Å². The number of halogens is 1. The van der Waals surface area contributed by atoms with Crippen LogP contribution < -0.4 is 10.9 Å². The van der Waals surface area contributed by atoms with Crippen LogP contribution in [0.4, 0.5) is 10.1 Å². The Morgan fingerprint density at radius 2 is 1.77 bits per heavy atom. The van der Waals surface area contributed by atoms with E-state index in [-0.39, 0.29) is 16.1 Å². The van der Waals surface area contributed by atoms with E-state index in [0.717, 1.165) is 0 Å². The molecule has 0 bridgehead atoms. The zero-order chi connectivity index (χ0) is 16.7. The smallest absolute Gasteiger partial charge is 0.238 e. The van der Waals surface area contributed by atoms with Crippen molar-refractivity contribution in [2.75, 3.05) is 5.73 Å². The van der Waals surface area contributed by atoms with Crippen molar-refractivity contribution in [2.24, 2.45) is 5.14 Å². The van der Waals surface area contributed by atoms with Crippen molar-refractivity contribution < 1.29 is 17.9 Å². The molecular formula is C15H17FN2O3S. The van der Waals surface area contributed by atoms with Gasteiger partial charge in [0.2, 0.25) is 10.0 Å². The molecule has 0 radical (unpaired) electrons. The summed E-state index contributed by atoms with van der Waals surface area (Å²) in [4.78, 5) is -0.195. The molecule has 2 rings (SSSR count). The predicted molar refractivity (Wildman–Crippen MR) is 82.9 cm³/mol. The molecule has 2 aromatic carbocycles. The highest BCUT2D eigenvalue weighted by molar-refractivity contribution is 7.89. The topological polar surface area (TPSA) is 106 Å². The van der Waals surface area contributed by atoms with Crippen LogP contribution in [-0.4, -0.2) is 13.5 Å². The Morgan fingerprint density at radius 3 is 2.32 bits per heavy atom. The average molecular weight is 324 g/mol. The molecule has 5 nitrogen and oxygen atoms in total. The number of benzene rings is 2. The van der Waals surface area contributed by atoms with E-state index >= 15 is 0 Å². The van der Waals surface area contributed by atoms with E-state index < -0.39 is 21.4 Å². The zero-order valence-corrected chi connectivity index (χ0v) is 13.0. The molecule has 2 aromatic rings. The normalized spacial score (nSPS) is 12.4. The Kier molecular flexibility index (Phi) is 3.99. The summed E-state index contributed by atoms with van der Waals surface area (Å²) in [5.74, 6) is -0.591. The number of nitrogen functional groups attached to an aromatic ring is 1. The van der Waals surface area contributed by atoms with Gasteiger partial charge >= 0.3 is 0 Å². The minimum atomic E-state index is -4.03. The van der Waals surface area contributed by atoms with Gasteiger partial charge in [-0.2, -0.15) is 0 Å². The van der Waals surface area contributed by atoms with E-state index in [0.29, 0.717) is 11.1 Å². The monoisotopic (exact) mass is 324 g/mol. The third-order valence-electron chi connectivity index (χ3n) is 3.23. The van der Waals surface area contributed by atoms with Crippen molar-refractivity contribution in [1.82, 2.24) is 0 Å². The second-order valence-corrected chi connectivity index (χ2v) is 7.12. The summed E-state index contributed by atoms with van der Waals surface area (Å²) in [7, 11) is -4.03. The Balaban J connectivity index is 2.75. The van der Waals surface area contributed by atoms with Crippen molar-refractivity contribution in [3.05, 3.63) is 47.8 Å². The lowest BCUT2D eigenvalue weighted by Crippen LogP contribution is -2.16. The van der Waals surface area contributed by atoms with Gasteiger partial charge in [-0.3, -0.25) is 0 Å². The molecule has 5 N–H and O–H groups in total. The number of rotatable bonds is 3. The summed E-state index contributed by atoms with van der Waals surface area (Å²) in [6, 6.07) is 8.06.